The first-order chi connectivity index (χ1) is 13.1. The van der Waals surface area contributed by atoms with Crippen molar-refractivity contribution >= 4 is 20.1 Å². The molecule has 1 aliphatic heterocycles. The van der Waals surface area contributed by atoms with E-state index in [4.69, 9.17) is 14.0 Å². The van der Waals surface area contributed by atoms with Gasteiger partial charge in [-0.25, -0.2) is 0 Å². The third-order valence-electron chi connectivity index (χ3n) is 5.76. The molecule has 3 unspecified atom stereocenters. The summed E-state index contributed by atoms with van der Waals surface area (Å²) in [6.07, 6.45) is 0.231. The maximum atomic E-state index is 12.7. The number of ketones is 1. The Bertz CT molecular complexity index is 769. The second-order valence-electron chi connectivity index (χ2n) is 8.90. The summed E-state index contributed by atoms with van der Waals surface area (Å²) >= 11 is 0. The molecule has 3 rings (SSSR count). The zero-order valence-corrected chi connectivity index (χ0v) is 18.2. The Morgan fingerprint density at radius 3 is 2.50 bits per heavy atom. The Morgan fingerprint density at radius 2 is 1.86 bits per heavy atom. The van der Waals surface area contributed by atoms with Gasteiger partial charge in [0.15, 0.2) is 20.2 Å². The van der Waals surface area contributed by atoms with E-state index in [1.54, 1.807) is 6.08 Å². The van der Waals surface area contributed by atoms with Crippen molar-refractivity contribution in [1.29, 1.82) is 0 Å². The van der Waals surface area contributed by atoms with Gasteiger partial charge in [0.1, 0.15) is 6.10 Å². The summed E-state index contributed by atoms with van der Waals surface area (Å²) in [5.74, 6) is -0.504. The van der Waals surface area contributed by atoms with Crippen LogP contribution in [0.5, 0.6) is 0 Å². The predicted octanol–water partition coefficient (Wildman–Crippen LogP) is 3.29. The molecule has 1 saturated heterocycles. The first-order valence-corrected chi connectivity index (χ1v) is 12.5. The lowest BCUT2D eigenvalue weighted by Crippen LogP contribution is -2.52. The fourth-order valence-corrected chi connectivity index (χ4v) is 4.31. The number of hydrogen-bond donors (Lipinski definition) is 1. The molecule has 1 fully saturated rings. The van der Waals surface area contributed by atoms with Crippen LogP contribution in [-0.4, -0.2) is 38.3 Å². The molecule has 6 nitrogen and oxygen atoms in total. The van der Waals surface area contributed by atoms with E-state index in [0.717, 1.165) is 11.1 Å². The van der Waals surface area contributed by atoms with E-state index in [1.165, 1.54) is 0 Å². The lowest BCUT2D eigenvalue weighted by molar-refractivity contribution is -0.158. The number of carbonyl (C=O) groups is 2. The van der Waals surface area contributed by atoms with Crippen molar-refractivity contribution in [2.45, 2.75) is 70.2 Å². The van der Waals surface area contributed by atoms with Crippen LogP contribution in [0.15, 0.2) is 42.0 Å². The van der Waals surface area contributed by atoms with E-state index in [0.29, 0.717) is 6.61 Å². The zero-order chi connectivity index (χ0) is 20.5. The molecular weight excluding hydrogens is 374 g/mol. The topological polar surface area (TPSA) is 73.9 Å². The van der Waals surface area contributed by atoms with Crippen LogP contribution in [-0.2, 0) is 30.2 Å². The molecule has 28 heavy (non-hydrogen) atoms. The van der Waals surface area contributed by atoms with Gasteiger partial charge in [0, 0.05) is 0 Å². The molecular formula is C21H29NO5Si. The van der Waals surface area contributed by atoms with E-state index in [9.17, 15) is 9.59 Å². The first kappa shape index (κ1) is 20.9. The van der Waals surface area contributed by atoms with Crippen LogP contribution in [0, 0.1) is 0 Å². The van der Waals surface area contributed by atoms with Crippen molar-refractivity contribution in [2.75, 3.05) is 0 Å². The molecule has 1 aliphatic carbocycles. The maximum absolute atomic E-state index is 12.7. The van der Waals surface area contributed by atoms with Crippen molar-refractivity contribution in [3.63, 3.8) is 0 Å². The third-order valence-corrected chi connectivity index (χ3v) is 10.2. The predicted molar refractivity (Wildman–Crippen MR) is 108 cm³/mol. The number of rotatable bonds is 6. The summed E-state index contributed by atoms with van der Waals surface area (Å²) in [5, 5.41) is -0.0504. The molecule has 0 amide bonds. The van der Waals surface area contributed by atoms with Gasteiger partial charge in [-0.15, -0.1) is 0 Å². The molecule has 7 heteroatoms. The summed E-state index contributed by atoms with van der Waals surface area (Å²) in [6, 6.07) is 9.34. The van der Waals surface area contributed by atoms with Gasteiger partial charge in [-0.3, -0.25) is 14.4 Å². The van der Waals surface area contributed by atoms with Crippen LogP contribution in [0.2, 0.25) is 18.1 Å². The molecule has 152 valence electrons. The normalized spacial score (nSPS) is 25.3. The SMILES string of the molecule is CC(C)(C)[Si](C)(C)OC1C(=O)C=C2C(NOCc3ccccc3)CC(=O)OC21. The van der Waals surface area contributed by atoms with Crippen molar-refractivity contribution in [2.24, 2.45) is 0 Å². The van der Waals surface area contributed by atoms with Crippen molar-refractivity contribution < 1.29 is 23.6 Å². The first-order valence-electron chi connectivity index (χ1n) is 9.62. The number of nitrogens with one attached hydrogen (secondary N) is 1. The average Bonchev–Trinajstić information content (AvgIpc) is 2.90. The van der Waals surface area contributed by atoms with Crippen molar-refractivity contribution in [1.82, 2.24) is 5.48 Å². The summed E-state index contributed by atoms with van der Waals surface area (Å²) in [7, 11) is -2.20. The van der Waals surface area contributed by atoms with E-state index in [2.05, 4.69) is 39.3 Å². The van der Waals surface area contributed by atoms with Crippen molar-refractivity contribution in [3.05, 3.63) is 47.5 Å². The number of esters is 1. The highest BCUT2D eigenvalue weighted by atomic mass is 28.4. The number of ether oxygens (including phenoxy) is 1. The minimum Gasteiger partial charge on any atom is -0.454 e. The Hall–Kier alpha value is -1.80. The molecule has 1 aromatic rings. The highest BCUT2D eigenvalue weighted by Gasteiger charge is 2.50. The number of benzene rings is 1. The maximum Gasteiger partial charge on any atom is 0.308 e. The fourth-order valence-electron chi connectivity index (χ4n) is 3.08. The lowest BCUT2D eigenvalue weighted by Gasteiger charge is -2.40. The lowest BCUT2D eigenvalue weighted by atomic mass is 9.98. The average molecular weight is 404 g/mol. The minimum absolute atomic E-state index is 0.0504. The standard InChI is InChI=1S/C21H29NO5Si/c1-21(2,3)28(4,5)27-20-17(23)11-15-16(12-18(24)26-19(15)20)22-25-13-14-9-7-6-8-10-14/h6-11,16,19-20,22H,12-13H2,1-5H3. The van der Waals surface area contributed by atoms with Gasteiger partial charge >= 0.3 is 5.97 Å². The summed E-state index contributed by atoms with van der Waals surface area (Å²) in [4.78, 5) is 30.4. The molecule has 0 bridgehead atoms. The Kier molecular flexibility index (Phi) is 5.91. The van der Waals surface area contributed by atoms with Gasteiger partial charge < -0.3 is 9.16 Å². The van der Waals surface area contributed by atoms with Crippen LogP contribution in [0.4, 0.5) is 0 Å². The Balaban J connectivity index is 1.68. The molecule has 0 saturated carbocycles. The van der Waals surface area contributed by atoms with Gasteiger partial charge in [0.05, 0.1) is 19.1 Å². The quantitative estimate of drug-likeness (QED) is 0.446. The molecule has 2 aliphatic rings. The van der Waals surface area contributed by atoms with Crippen LogP contribution >= 0.6 is 0 Å². The summed E-state index contributed by atoms with van der Waals surface area (Å²) < 4.78 is 11.8. The number of hydroxylamine groups is 1. The van der Waals surface area contributed by atoms with E-state index in [1.807, 2.05) is 30.3 Å². The number of carbonyl (C=O) groups excluding carboxylic acids is 2. The smallest absolute Gasteiger partial charge is 0.308 e. The van der Waals surface area contributed by atoms with Crippen LogP contribution in [0.25, 0.3) is 0 Å². The second kappa shape index (κ2) is 7.91. The van der Waals surface area contributed by atoms with Crippen LogP contribution in [0.1, 0.15) is 32.8 Å². The van der Waals surface area contributed by atoms with Crippen LogP contribution < -0.4 is 5.48 Å². The molecule has 0 spiro atoms. The van der Waals surface area contributed by atoms with E-state index in [-0.39, 0.29) is 23.2 Å². The fraction of sp³-hybridized carbons (Fsp3) is 0.524. The zero-order valence-electron chi connectivity index (χ0n) is 17.2. The Labute approximate surface area is 167 Å². The van der Waals surface area contributed by atoms with Gasteiger partial charge in [0.25, 0.3) is 0 Å². The van der Waals surface area contributed by atoms with Crippen LogP contribution in [0.3, 0.4) is 0 Å². The summed E-state index contributed by atoms with van der Waals surface area (Å²) in [5.41, 5.74) is 4.68. The monoisotopic (exact) mass is 403 g/mol. The molecule has 0 aromatic heterocycles. The van der Waals surface area contributed by atoms with E-state index < -0.39 is 26.6 Å². The third kappa shape index (κ3) is 4.43. The Morgan fingerprint density at radius 1 is 1.18 bits per heavy atom. The van der Waals surface area contributed by atoms with Gasteiger partial charge in [-0.1, -0.05) is 51.1 Å². The van der Waals surface area contributed by atoms with Gasteiger partial charge in [0.2, 0.25) is 0 Å². The van der Waals surface area contributed by atoms with Crippen molar-refractivity contribution in [3.8, 4) is 0 Å². The molecule has 0 radical (unpaired) electrons. The summed E-state index contributed by atoms with van der Waals surface area (Å²) in [6.45, 7) is 10.9. The number of hydrogen-bond acceptors (Lipinski definition) is 6. The molecule has 1 N–H and O–H groups in total. The minimum atomic E-state index is -2.20. The second-order valence-corrected chi connectivity index (χ2v) is 13.7. The van der Waals surface area contributed by atoms with Gasteiger partial charge in [-0.05, 0) is 35.3 Å². The van der Waals surface area contributed by atoms with Gasteiger partial charge in [-0.2, -0.15) is 5.48 Å². The highest BCUT2D eigenvalue weighted by Crippen LogP contribution is 2.40. The molecule has 1 heterocycles. The van der Waals surface area contributed by atoms with E-state index >= 15 is 0 Å². The highest BCUT2D eigenvalue weighted by molar-refractivity contribution is 6.74. The largest absolute Gasteiger partial charge is 0.454 e. The molecule has 1 aromatic carbocycles. The number of fused-ring (bicyclic) bond motifs is 1. The molecule has 3 atom stereocenters.